The molecule has 4 aromatic rings. The van der Waals surface area contributed by atoms with E-state index in [0.29, 0.717) is 19.0 Å². The summed E-state index contributed by atoms with van der Waals surface area (Å²) >= 11 is 0. The van der Waals surface area contributed by atoms with Gasteiger partial charge < -0.3 is 10.6 Å². The standard InChI is InChI=1S/C23H24FN7/c1-15-8-16(2)10-20(9-15)28-23-27-13-21(24)22(29-23)31-14-19(17(3)30-31)12-26-11-18-4-6-25-7-5-18/h4-10,13-14,26H,11-12H2,1-3H3,(H,27,28,29). The van der Waals surface area contributed by atoms with Crippen molar-refractivity contribution in [3.8, 4) is 5.82 Å². The molecule has 0 atom stereocenters. The minimum absolute atomic E-state index is 0.102. The van der Waals surface area contributed by atoms with Crippen LogP contribution in [0.5, 0.6) is 0 Å². The molecule has 0 unspecified atom stereocenters. The molecule has 0 aliphatic heterocycles. The van der Waals surface area contributed by atoms with Crippen LogP contribution in [0.4, 0.5) is 16.0 Å². The van der Waals surface area contributed by atoms with E-state index >= 15 is 0 Å². The number of aromatic nitrogens is 5. The third kappa shape index (κ3) is 5.10. The molecule has 0 spiro atoms. The van der Waals surface area contributed by atoms with Gasteiger partial charge in [-0.2, -0.15) is 10.1 Å². The lowest BCUT2D eigenvalue weighted by molar-refractivity contribution is 0.593. The van der Waals surface area contributed by atoms with Crippen molar-refractivity contribution in [3.63, 3.8) is 0 Å². The van der Waals surface area contributed by atoms with Gasteiger partial charge >= 0.3 is 0 Å². The van der Waals surface area contributed by atoms with Crippen molar-refractivity contribution in [3.05, 3.63) is 88.9 Å². The van der Waals surface area contributed by atoms with Crippen molar-refractivity contribution in [2.24, 2.45) is 0 Å². The Bertz CT molecular complexity index is 1170. The quantitative estimate of drug-likeness (QED) is 0.470. The van der Waals surface area contributed by atoms with Crippen LogP contribution < -0.4 is 10.6 Å². The first-order valence-corrected chi connectivity index (χ1v) is 10.0. The van der Waals surface area contributed by atoms with Crippen molar-refractivity contribution in [2.45, 2.75) is 33.9 Å². The van der Waals surface area contributed by atoms with Crippen LogP contribution in [-0.2, 0) is 13.1 Å². The molecule has 158 valence electrons. The zero-order chi connectivity index (χ0) is 21.8. The lowest BCUT2D eigenvalue weighted by Gasteiger charge is -2.09. The Labute approximate surface area is 180 Å². The lowest BCUT2D eigenvalue weighted by Crippen LogP contribution is -2.12. The molecule has 3 aromatic heterocycles. The van der Waals surface area contributed by atoms with Gasteiger partial charge in [0.05, 0.1) is 11.9 Å². The van der Waals surface area contributed by atoms with Crippen LogP contribution in [0.15, 0.2) is 55.1 Å². The second kappa shape index (κ2) is 9.01. The van der Waals surface area contributed by atoms with E-state index < -0.39 is 5.82 Å². The fourth-order valence-electron chi connectivity index (χ4n) is 3.37. The van der Waals surface area contributed by atoms with Crippen LogP contribution in [0.3, 0.4) is 0 Å². The summed E-state index contributed by atoms with van der Waals surface area (Å²) in [6.45, 7) is 7.25. The van der Waals surface area contributed by atoms with Crippen LogP contribution in [0.1, 0.15) is 27.9 Å². The third-order valence-corrected chi connectivity index (χ3v) is 4.81. The zero-order valence-electron chi connectivity index (χ0n) is 17.7. The number of hydrogen-bond acceptors (Lipinski definition) is 6. The summed E-state index contributed by atoms with van der Waals surface area (Å²) in [5.74, 6) is -0.123. The first-order valence-electron chi connectivity index (χ1n) is 10.0. The molecule has 0 fully saturated rings. The third-order valence-electron chi connectivity index (χ3n) is 4.81. The molecule has 0 saturated carbocycles. The number of benzene rings is 1. The molecule has 4 rings (SSSR count). The molecule has 2 N–H and O–H groups in total. The largest absolute Gasteiger partial charge is 0.324 e. The maximum atomic E-state index is 14.5. The molecule has 0 amide bonds. The second-order valence-electron chi connectivity index (χ2n) is 7.51. The summed E-state index contributed by atoms with van der Waals surface area (Å²) in [6.07, 6.45) is 6.48. The molecule has 0 aliphatic rings. The fourth-order valence-corrected chi connectivity index (χ4v) is 3.37. The normalized spacial score (nSPS) is 11.0. The smallest absolute Gasteiger partial charge is 0.229 e. The van der Waals surface area contributed by atoms with E-state index in [1.807, 2.05) is 45.0 Å². The van der Waals surface area contributed by atoms with Gasteiger partial charge in [0.1, 0.15) is 0 Å². The van der Waals surface area contributed by atoms with Gasteiger partial charge in [0.25, 0.3) is 0 Å². The molecule has 7 nitrogen and oxygen atoms in total. The van der Waals surface area contributed by atoms with Gasteiger partial charge in [-0.15, -0.1) is 0 Å². The maximum Gasteiger partial charge on any atom is 0.229 e. The highest BCUT2D eigenvalue weighted by Gasteiger charge is 2.13. The molecule has 1 aromatic carbocycles. The molecule has 0 bridgehead atoms. The molecular formula is C23H24FN7. The summed E-state index contributed by atoms with van der Waals surface area (Å²) in [5, 5.41) is 11.0. The van der Waals surface area contributed by atoms with E-state index in [2.05, 4.69) is 36.8 Å². The van der Waals surface area contributed by atoms with Crippen molar-refractivity contribution >= 4 is 11.6 Å². The molecule has 3 heterocycles. The van der Waals surface area contributed by atoms with Crippen LogP contribution in [0, 0.1) is 26.6 Å². The highest BCUT2D eigenvalue weighted by atomic mass is 19.1. The molecule has 31 heavy (non-hydrogen) atoms. The minimum atomic E-state index is -0.537. The SMILES string of the molecule is Cc1cc(C)cc(Nc2ncc(F)c(-n3cc(CNCc4ccncc4)c(C)n3)n2)c1. The summed E-state index contributed by atoms with van der Waals surface area (Å²) < 4.78 is 16.0. The van der Waals surface area contributed by atoms with Crippen LogP contribution in [0.2, 0.25) is 0 Å². The van der Waals surface area contributed by atoms with Gasteiger partial charge in [-0.05, 0) is 61.7 Å². The first kappa shape index (κ1) is 20.6. The number of nitrogens with zero attached hydrogens (tertiary/aromatic N) is 5. The van der Waals surface area contributed by atoms with E-state index in [4.69, 9.17) is 0 Å². The highest BCUT2D eigenvalue weighted by Crippen LogP contribution is 2.19. The summed E-state index contributed by atoms with van der Waals surface area (Å²) in [5.41, 5.74) is 6.02. The van der Waals surface area contributed by atoms with Crippen molar-refractivity contribution in [1.82, 2.24) is 30.0 Å². The van der Waals surface area contributed by atoms with E-state index in [9.17, 15) is 4.39 Å². The Morgan fingerprint density at radius 2 is 1.74 bits per heavy atom. The predicted molar refractivity (Wildman–Crippen MR) is 118 cm³/mol. The summed E-state index contributed by atoms with van der Waals surface area (Å²) in [4.78, 5) is 12.5. The number of anilines is 2. The molecular weight excluding hydrogens is 393 g/mol. The topological polar surface area (TPSA) is 80.5 Å². The van der Waals surface area contributed by atoms with Crippen molar-refractivity contribution in [1.29, 1.82) is 0 Å². The monoisotopic (exact) mass is 417 g/mol. The molecule has 8 heteroatoms. The van der Waals surface area contributed by atoms with Crippen LogP contribution in [-0.4, -0.2) is 24.7 Å². The maximum absolute atomic E-state index is 14.5. The number of nitrogens with one attached hydrogen (secondary N) is 2. The lowest BCUT2D eigenvalue weighted by atomic mass is 10.1. The van der Waals surface area contributed by atoms with Gasteiger partial charge in [0, 0.05) is 42.9 Å². The summed E-state index contributed by atoms with van der Waals surface area (Å²) in [6, 6.07) is 9.99. The van der Waals surface area contributed by atoms with Gasteiger partial charge in [0.2, 0.25) is 5.95 Å². The zero-order valence-corrected chi connectivity index (χ0v) is 17.7. The van der Waals surface area contributed by atoms with Crippen LogP contribution in [0.25, 0.3) is 5.82 Å². The number of halogens is 1. The van der Waals surface area contributed by atoms with E-state index in [0.717, 1.165) is 39.8 Å². The Hall–Kier alpha value is -3.65. The minimum Gasteiger partial charge on any atom is -0.324 e. The Morgan fingerprint density at radius 1 is 1.00 bits per heavy atom. The number of aryl methyl sites for hydroxylation is 3. The Balaban J connectivity index is 1.51. The predicted octanol–water partition coefficient (Wildman–Crippen LogP) is 4.16. The van der Waals surface area contributed by atoms with E-state index in [1.54, 1.807) is 18.6 Å². The summed E-state index contributed by atoms with van der Waals surface area (Å²) in [7, 11) is 0. The van der Waals surface area contributed by atoms with Gasteiger partial charge in [-0.3, -0.25) is 4.98 Å². The first-order chi connectivity index (χ1) is 15.0. The number of pyridine rings is 1. The Kier molecular flexibility index (Phi) is 5.99. The average molecular weight is 417 g/mol. The van der Waals surface area contributed by atoms with Gasteiger partial charge in [-0.1, -0.05) is 6.07 Å². The van der Waals surface area contributed by atoms with Crippen molar-refractivity contribution < 1.29 is 4.39 Å². The number of hydrogen-bond donors (Lipinski definition) is 2. The molecule has 0 aliphatic carbocycles. The average Bonchev–Trinajstić information content (AvgIpc) is 3.10. The molecule has 0 saturated heterocycles. The van der Waals surface area contributed by atoms with Gasteiger partial charge in [-0.25, -0.2) is 14.1 Å². The van der Waals surface area contributed by atoms with E-state index in [1.165, 1.54) is 4.68 Å². The van der Waals surface area contributed by atoms with Crippen LogP contribution >= 0.6 is 0 Å². The fraction of sp³-hybridized carbons (Fsp3) is 0.217. The Morgan fingerprint density at radius 3 is 2.48 bits per heavy atom. The molecule has 0 radical (unpaired) electrons. The second-order valence-corrected chi connectivity index (χ2v) is 7.51. The van der Waals surface area contributed by atoms with E-state index in [-0.39, 0.29) is 5.82 Å². The van der Waals surface area contributed by atoms with Crippen molar-refractivity contribution in [2.75, 3.05) is 5.32 Å². The van der Waals surface area contributed by atoms with Gasteiger partial charge in [0.15, 0.2) is 11.6 Å². The number of rotatable bonds is 7. The highest BCUT2D eigenvalue weighted by molar-refractivity contribution is 5.56.